The van der Waals surface area contributed by atoms with Crippen LogP contribution in [0.3, 0.4) is 0 Å². The first-order chi connectivity index (χ1) is 12.7. The zero-order chi connectivity index (χ0) is 17.9. The van der Waals surface area contributed by atoms with Gasteiger partial charge in [-0.3, -0.25) is 0 Å². The van der Waals surface area contributed by atoms with E-state index in [4.69, 9.17) is 23.2 Å². The molecule has 5 nitrogen and oxygen atoms in total. The largest absolute Gasteiger partial charge is 0.324 e. The van der Waals surface area contributed by atoms with E-state index in [-0.39, 0.29) is 6.04 Å². The van der Waals surface area contributed by atoms with Crippen LogP contribution >= 0.6 is 23.2 Å². The molecule has 7 heteroatoms. The van der Waals surface area contributed by atoms with Gasteiger partial charge in [-0.25, -0.2) is 9.67 Å². The lowest BCUT2D eigenvalue weighted by Crippen LogP contribution is -2.11. The first-order valence-corrected chi connectivity index (χ1v) is 8.82. The average Bonchev–Trinajstić information content (AvgIpc) is 3.32. The maximum Gasteiger partial charge on any atom is 0.110 e. The number of hydrogen-bond donors (Lipinski definition) is 0. The molecule has 1 atom stereocenters. The Bertz CT molecular complexity index is 976. The standard InChI is InChI=1S/C19H15Cl2N5/c20-16-5-1-14(2-6-16)11-26-12-18(23-24-26)19(25-10-9-22-13-25)15-3-7-17(21)8-4-15/h1-10,12-13,19H,11H2. The highest BCUT2D eigenvalue weighted by Crippen LogP contribution is 2.26. The van der Waals surface area contributed by atoms with Crippen molar-refractivity contribution < 1.29 is 0 Å². The van der Waals surface area contributed by atoms with Gasteiger partial charge in [-0.2, -0.15) is 0 Å². The average molecular weight is 384 g/mol. The van der Waals surface area contributed by atoms with Gasteiger partial charge < -0.3 is 4.57 Å². The number of benzene rings is 2. The van der Waals surface area contributed by atoms with Crippen LogP contribution in [0.5, 0.6) is 0 Å². The van der Waals surface area contributed by atoms with E-state index in [9.17, 15) is 0 Å². The van der Waals surface area contributed by atoms with Crippen molar-refractivity contribution in [2.24, 2.45) is 0 Å². The van der Waals surface area contributed by atoms with Crippen molar-refractivity contribution in [2.45, 2.75) is 12.6 Å². The Kier molecular flexibility index (Phi) is 4.73. The molecule has 2 heterocycles. The van der Waals surface area contributed by atoms with Crippen LogP contribution in [0.15, 0.2) is 73.4 Å². The lowest BCUT2D eigenvalue weighted by atomic mass is 10.0. The maximum atomic E-state index is 6.03. The Labute approximate surface area is 160 Å². The normalized spacial score (nSPS) is 12.2. The molecule has 0 N–H and O–H groups in total. The van der Waals surface area contributed by atoms with Crippen LogP contribution in [0, 0.1) is 0 Å². The third kappa shape index (κ3) is 3.64. The summed E-state index contributed by atoms with van der Waals surface area (Å²) in [5, 5.41) is 10.1. The Balaban J connectivity index is 1.65. The van der Waals surface area contributed by atoms with Crippen LogP contribution in [-0.2, 0) is 6.54 Å². The number of nitrogens with zero attached hydrogens (tertiary/aromatic N) is 5. The zero-order valence-electron chi connectivity index (χ0n) is 13.7. The molecule has 130 valence electrons. The van der Waals surface area contributed by atoms with Gasteiger partial charge in [0.15, 0.2) is 0 Å². The van der Waals surface area contributed by atoms with E-state index in [1.54, 1.807) is 12.5 Å². The van der Waals surface area contributed by atoms with Crippen molar-refractivity contribution in [1.82, 2.24) is 24.5 Å². The van der Waals surface area contributed by atoms with E-state index in [2.05, 4.69) is 15.3 Å². The van der Waals surface area contributed by atoms with Crippen LogP contribution in [0.25, 0.3) is 0 Å². The molecule has 0 fully saturated rings. The van der Waals surface area contributed by atoms with Crippen molar-refractivity contribution in [2.75, 3.05) is 0 Å². The fraction of sp³-hybridized carbons (Fsp3) is 0.105. The van der Waals surface area contributed by atoms with E-state index in [1.165, 1.54) is 0 Å². The highest BCUT2D eigenvalue weighted by atomic mass is 35.5. The summed E-state index contributed by atoms with van der Waals surface area (Å²) in [5.74, 6) is 0. The van der Waals surface area contributed by atoms with E-state index in [0.717, 1.165) is 21.8 Å². The SMILES string of the molecule is Clc1ccc(Cn2cc(C(c3ccc(Cl)cc3)n3ccnc3)nn2)cc1. The molecule has 0 aliphatic heterocycles. The molecule has 0 amide bonds. The van der Waals surface area contributed by atoms with Crippen molar-refractivity contribution in [3.05, 3.63) is 100 Å². The van der Waals surface area contributed by atoms with Gasteiger partial charge in [0.1, 0.15) is 11.7 Å². The first kappa shape index (κ1) is 16.8. The van der Waals surface area contributed by atoms with Crippen molar-refractivity contribution in [3.8, 4) is 0 Å². The minimum Gasteiger partial charge on any atom is -0.324 e. The number of rotatable bonds is 5. The summed E-state index contributed by atoms with van der Waals surface area (Å²) in [4.78, 5) is 4.16. The minimum absolute atomic E-state index is 0.117. The summed E-state index contributed by atoms with van der Waals surface area (Å²) < 4.78 is 3.82. The van der Waals surface area contributed by atoms with E-state index in [1.807, 2.05) is 70.2 Å². The predicted molar refractivity (Wildman–Crippen MR) is 101 cm³/mol. The monoisotopic (exact) mass is 383 g/mol. The summed E-state index contributed by atoms with van der Waals surface area (Å²) in [6.07, 6.45) is 7.39. The molecule has 4 aromatic rings. The van der Waals surface area contributed by atoms with Gasteiger partial charge >= 0.3 is 0 Å². The summed E-state index contributed by atoms with van der Waals surface area (Å²) >= 11 is 12.0. The minimum atomic E-state index is -0.117. The van der Waals surface area contributed by atoms with Gasteiger partial charge in [-0.05, 0) is 35.4 Å². The molecular weight excluding hydrogens is 369 g/mol. The fourth-order valence-electron chi connectivity index (χ4n) is 2.86. The maximum absolute atomic E-state index is 6.03. The summed E-state index contributed by atoms with van der Waals surface area (Å²) in [6, 6.07) is 15.3. The van der Waals surface area contributed by atoms with E-state index < -0.39 is 0 Å². The summed E-state index contributed by atoms with van der Waals surface area (Å²) in [6.45, 7) is 0.626. The quantitative estimate of drug-likeness (QED) is 0.510. The van der Waals surface area contributed by atoms with Crippen LogP contribution in [-0.4, -0.2) is 24.5 Å². The van der Waals surface area contributed by atoms with Crippen molar-refractivity contribution in [3.63, 3.8) is 0 Å². The molecule has 1 unspecified atom stereocenters. The fourth-order valence-corrected chi connectivity index (χ4v) is 3.11. The van der Waals surface area contributed by atoms with Gasteiger partial charge in [0.2, 0.25) is 0 Å². The second-order valence-electron chi connectivity index (χ2n) is 5.93. The molecule has 4 rings (SSSR count). The molecule has 0 radical (unpaired) electrons. The highest BCUT2D eigenvalue weighted by molar-refractivity contribution is 6.30. The van der Waals surface area contributed by atoms with Crippen molar-refractivity contribution >= 4 is 23.2 Å². The van der Waals surface area contributed by atoms with Gasteiger partial charge in [0, 0.05) is 22.4 Å². The van der Waals surface area contributed by atoms with Gasteiger partial charge in [0.05, 0.1) is 19.1 Å². The molecule has 0 aliphatic carbocycles. The molecule has 0 saturated heterocycles. The van der Waals surface area contributed by atoms with Gasteiger partial charge in [-0.15, -0.1) is 5.10 Å². The Hall–Kier alpha value is -2.63. The van der Waals surface area contributed by atoms with E-state index >= 15 is 0 Å². The third-order valence-electron chi connectivity index (χ3n) is 4.10. The zero-order valence-corrected chi connectivity index (χ0v) is 15.2. The molecule has 0 bridgehead atoms. The molecule has 2 aromatic carbocycles. The van der Waals surface area contributed by atoms with Gasteiger partial charge in [-0.1, -0.05) is 52.7 Å². The number of hydrogen-bond acceptors (Lipinski definition) is 3. The van der Waals surface area contributed by atoms with Crippen LogP contribution in [0.2, 0.25) is 10.0 Å². The molecule has 26 heavy (non-hydrogen) atoms. The second kappa shape index (κ2) is 7.32. The highest BCUT2D eigenvalue weighted by Gasteiger charge is 2.19. The van der Waals surface area contributed by atoms with Crippen LogP contribution in [0.4, 0.5) is 0 Å². The van der Waals surface area contributed by atoms with Crippen LogP contribution in [0.1, 0.15) is 22.9 Å². The topological polar surface area (TPSA) is 48.5 Å². The molecule has 0 spiro atoms. The Morgan fingerprint density at radius 1 is 0.923 bits per heavy atom. The summed E-state index contributed by atoms with van der Waals surface area (Å²) in [7, 11) is 0. The molecular formula is C19H15Cl2N5. The predicted octanol–water partition coefficient (Wildman–Crippen LogP) is 4.47. The van der Waals surface area contributed by atoms with Crippen LogP contribution < -0.4 is 0 Å². The number of halogens is 2. The molecule has 0 saturated carbocycles. The smallest absolute Gasteiger partial charge is 0.110 e. The Morgan fingerprint density at radius 3 is 2.27 bits per heavy atom. The summed E-state index contributed by atoms with van der Waals surface area (Å²) in [5.41, 5.74) is 3.00. The lowest BCUT2D eigenvalue weighted by molar-refractivity contribution is 0.640. The molecule has 2 aromatic heterocycles. The number of aromatic nitrogens is 5. The lowest BCUT2D eigenvalue weighted by Gasteiger charge is -2.16. The van der Waals surface area contributed by atoms with Crippen molar-refractivity contribution in [1.29, 1.82) is 0 Å². The first-order valence-electron chi connectivity index (χ1n) is 8.06. The Morgan fingerprint density at radius 2 is 1.62 bits per heavy atom. The third-order valence-corrected chi connectivity index (χ3v) is 4.61. The van der Waals surface area contributed by atoms with E-state index in [0.29, 0.717) is 11.6 Å². The second-order valence-corrected chi connectivity index (χ2v) is 6.80. The van der Waals surface area contributed by atoms with Gasteiger partial charge in [0.25, 0.3) is 0 Å². The number of imidazole rings is 1. The molecule has 0 aliphatic rings.